The minimum atomic E-state index is -0.313. The number of halogens is 1. The third-order valence-electron chi connectivity index (χ3n) is 2.98. The maximum atomic E-state index is 13.2. The predicted octanol–water partition coefficient (Wildman–Crippen LogP) is 3.13. The summed E-state index contributed by atoms with van der Waals surface area (Å²) in [4.78, 5) is 5.36. The van der Waals surface area contributed by atoms with Gasteiger partial charge in [0.1, 0.15) is 18.2 Å². The number of nitrogens with two attached hydrogens (primary N) is 1. The lowest BCUT2D eigenvalue weighted by molar-refractivity contribution is 0.297. The lowest BCUT2D eigenvalue weighted by Crippen LogP contribution is -2.08. The highest BCUT2D eigenvalue weighted by Crippen LogP contribution is 2.25. The van der Waals surface area contributed by atoms with Crippen LogP contribution in [0.5, 0.6) is 5.75 Å². The van der Waals surface area contributed by atoms with Crippen molar-refractivity contribution in [2.75, 3.05) is 0 Å². The summed E-state index contributed by atoms with van der Waals surface area (Å²) >= 11 is 1.57. The van der Waals surface area contributed by atoms with Crippen molar-refractivity contribution in [3.8, 4) is 5.75 Å². The van der Waals surface area contributed by atoms with Gasteiger partial charge in [0.15, 0.2) is 4.96 Å². The second kappa shape index (κ2) is 5.22. The summed E-state index contributed by atoms with van der Waals surface area (Å²) in [5.41, 5.74) is 7.32. The minimum absolute atomic E-state index is 0.286. The minimum Gasteiger partial charge on any atom is -0.487 e. The van der Waals surface area contributed by atoms with Crippen LogP contribution in [0.4, 0.5) is 4.39 Å². The number of benzene rings is 1. The molecule has 2 heterocycles. The number of thiazole rings is 1. The SMILES string of the molecule is CC(N)c1cc(F)ccc1OCc1cn2ccsc2n1. The van der Waals surface area contributed by atoms with E-state index < -0.39 is 0 Å². The molecule has 4 nitrogen and oxygen atoms in total. The first-order valence-electron chi connectivity index (χ1n) is 6.22. The van der Waals surface area contributed by atoms with Crippen LogP contribution in [0.1, 0.15) is 24.2 Å². The number of ether oxygens (including phenoxy) is 1. The topological polar surface area (TPSA) is 52.5 Å². The molecule has 2 aromatic heterocycles. The van der Waals surface area contributed by atoms with E-state index in [0.29, 0.717) is 17.9 Å². The highest BCUT2D eigenvalue weighted by atomic mass is 32.1. The summed E-state index contributed by atoms with van der Waals surface area (Å²) in [5.74, 6) is 0.282. The first kappa shape index (κ1) is 13.1. The summed E-state index contributed by atoms with van der Waals surface area (Å²) in [6.45, 7) is 2.13. The molecule has 0 spiro atoms. The smallest absolute Gasteiger partial charge is 0.193 e. The van der Waals surface area contributed by atoms with Gasteiger partial charge in [-0.2, -0.15) is 0 Å². The summed E-state index contributed by atoms with van der Waals surface area (Å²) in [6, 6.07) is 4.09. The molecule has 2 N–H and O–H groups in total. The van der Waals surface area contributed by atoms with Crippen LogP contribution in [-0.4, -0.2) is 9.38 Å². The van der Waals surface area contributed by atoms with E-state index in [1.165, 1.54) is 12.1 Å². The number of hydrogen-bond donors (Lipinski definition) is 1. The molecule has 0 radical (unpaired) electrons. The third kappa shape index (κ3) is 2.52. The van der Waals surface area contributed by atoms with E-state index in [1.54, 1.807) is 24.3 Å². The molecule has 0 aliphatic rings. The Kier molecular flexibility index (Phi) is 3.42. The molecule has 6 heteroatoms. The van der Waals surface area contributed by atoms with E-state index in [-0.39, 0.29) is 11.9 Å². The van der Waals surface area contributed by atoms with Gasteiger partial charge in [0.05, 0.1) is 5.69 Å². The van der Waals surface area contributed by atoms with Crippen LogP contribution < -0.4 is 10.5 Å². The Balaban J connectivity index is 1.79. The fourth-order valence-electron chi connectivity index (χ4n) is 2.00. The molecule has 0 saturated carbocycles. The number of aromatic nitrogens is 2. The molecule has 0 aliphatic carbocycles. The van der Waals surface area contributed by atoms with Gasteiger partial charge in [0, 0.05) is 29.4 Å². The van der Waals surface area contributed by atoms with Gasteiger partial charge >= 0.3 is 0 Å². The van der Waals surface area contributed by atoms with E-state index in [2.05, 4.69) is 4.98 Å². The lowest BCUT2D eigenvalue weighted by Gasteiger charge is -2.13. The van der Waals surface area contributed by atoms with Crippen LogP contribution in [-0.2, 0) is 6.61 Å². The van der Waals surface area contributed by atoms with Crippen LogP contribution in [0.2, 0.25) is 0 Å². The molecule has 104 valence electrons. The predicted molar refractivity (Wildman–Crippen MR) is 76.4 cm³/mol. The van der Waals surface area contributed by atoms with E-state index in [1.807, 2.05) is 22.2 Å². The van der Waals surface area contributed by atoms with Crippen molar-refractivity contribution in [1.82, 2.24) is 9.38 Å². The lowest BCUT2D eigenvalue weighted by atomic mass is 10.1. The highest BCUT2D eigenvalue weighted by Gasteiger charge is 2.11. The Morgan fingerprint density at radius 1 is 1.50 bits per heavy atom. The monoisotopic (exact) mass is 291 g/mol. The highest BCUT2D eigenvalue weighted by molar-refractivity contribution is 7.15. The number of nitrogens with zero attached hydrogens (tertiary/aromatic N) is 2. The number of fused-ring (bicyclic) bond motifs is 1. The first-order valence-corrected chi connectivity index (χ1v) is 7.10. The summed E-state index contributed by atoms with van der Waals surface area (Å²) in [6.07, 6.45) is 3.86. The first-order chi connectivity index (χ1) is 9.63. The number of imidazole rings is 1. The Hall–Kier alpha value is -1.92. The molecule has 0 bridgehead atoms. The second-order valence-corrected chi connectivity index (χ2v) is 5.46. The number of hydrogen-bond acceptors (Lipinski definition) is 4. The zero-order valence-electron chi connectivity index (χ0n) is 10.9. The van der Waals surface area contributed by atoms with Crippen LogP contribution in [0.15, 0.2) is 36.0 Å². The van der Waals surface area contributed by atoms with Crippen LogP contribution in [0.3, 0.4) is 0 Å². The summed E-state index contributed by atoms with van der Waals surface area (Å²) in [5, 5.41) is 1.97. The van der Waals surface area contributed by atoms with Crippen LogP contribution >= 0.6 is 11.3 Å². The molecule has 0 saturated heterocycles. The van der Waals surface area contributed by atoms with Gasteiger partial charge in [0.25, 0.3) is 0 Å². The third-order valence-corrected chi connectivity index (χ3v) is 3.75. The summed E-state index contributed by atoms with van der Waals surface area (Å²) in [7, 11) is 0. The van der Waals surface area contributed by atoms with Gasteiger partial charge in [0.2, 0.25) is 0 Å². The fraction of sp³-hybridized carbons (Fsp3) is 0.214. The molecule has 1 unspecified atom stereocenters. The Morgan fingerprint density at radius 2 is 2.35 bits per heavy atom. The van der Waals surface area contributed by atoms with Gasteiger partial charge in [-0.1, -0.05) is 0 Å². The Bertz CT molecular complexity index is 706. The maximum absolute atomic E-state index is 13.2. The van der Waals surface area contributed by atoms with E-state index in [0.717, 1.165) is 10.7 Å². The van der Waals surface area contributed by atoms with Gasteiger partial charge in [-0.05, 0) is 25.1 Å². The zero-order chi connectivity index (χ0) is 14.1. The van der Waals surface area contributed by atoms with Crippen molar-refractivity contribution >= 4 is 16.3 Å². The van der Waals surface area contributed by atoms with Gasteiger partial charge in [-0.15, -0.1) is 11.3 Å². The van der Waals surface area contributed by atoms with E-state index in [4.69, 9.17) is 10.5 Å². The van der Waals surface area contributed by atoms with Gasteiger partial charge in [-0.25, -0.2) is 9.37 Å². The van der Waals surface area contributed by atoms with E-state index in [9.17, 15) is 4.39 Å². The maximum Gasteiger partial charge on any atom is 0.193 e. The average molecular weight is 291 g/mol. The van der Waals surface area contributed by atoms with Gasteiger partial charge < -0.3 is 10.5 Å². The zero-order valence-corrected chi connectivity index (χ0v) is 11.7. The van der Waals surface area contributed by atoms with E-state index >= 15 is 0 Å². The van der Waals surface area contributed by atoms with Crippen molar-refractivity contribution in [3.63, 3.8) is 0 Å². The molecule has 1 aromatic carbocycles. The number of rotatable bonds is 4. The molecule has 0 fully saturated rings. The normalized spacial score (nSPS) is 12.8. The Labute approximate surface area is 119 Å². The van der Waals surface area contributed by atoms with Crippen molar-refractivity contribution in [3.05, 3.63) is 53.0 Å². The molecule has 0 amide bonds. The van der Waals surface area contributed by atoms with Crippen molar-refractivity contribution in [2.24, 2.45) is 5.73 Å². The molecule has 1 atom stereocenters. The van der Waals surface area contributed by atoms with Crippen molar-refractivity contribution in [2.45, 2.75) is 19.6 Å². The summed E-state index contributed by atoms with van der Waals surface area (Å²) < 4.78 is 20.9. The molecule has 3 rings (SSSR count). The van der Waals surface area contributed by atoms with Crippen LogP contribution in [0.25, 0.3) is 4.96 Å². The molecule has 20 heavy (non-hydrogen) atoms. The average Bonchev–Trinajstić information content (AvgIpc) is 2.97. The Morgan fingerprint density at radius 3 is 3.10 bits per heavy atom. The van der Waals surface area contributed by atoms with Crippen molar-refractivity contribution in [1.29, 1.82) is 0 Å². The largest absolute Gasteiger partial charge is 0.487 e. The van der Waals surface area contributed by atoms with Gasteiger partial charge in [-0.3, -0.25) is 4.40 Å². The molecule has 0 aliphatic heterocycles. The molecule has 3 aromatic rings. The fourth-order valence-corrected chi connectivity index (χ4v) is 2.72. The second-order valence-electron chi connectivity index (χ2n) is 4.58. The standard InChI is InChI=1S/C14H14FN3OS/c1-9(16)12-6-10(15)2-3-13(12)19-8-11-7-18-4-5-20-14(18)17-11/h2-7,9H,8,16H2,1H3. The molecular formula is C14H14FN3OS. The van der Waals surface area contributed by atoms with Crippen LogP contribution in [0, 0.1) is 5.82 Å². The quantitative estimate of drug-likeness (QED) is 0.803. The van der Waals surface area contributed by atoms with Crippen molar-refractivity contribution < 1.29 is 9.13 Å². The molecular weight excluding hydrogens is 277 g/mol.